The summed E-state index contributed by atoms with van der Waals surface area (Å²) in [5.41, 5.74) is 8.02. The van der Waals surface area contributed by atoms with Crippen LogP contribution in [-0.4, -0.2) is 23.3 Å². The van der Waals surface area contributed by atoms with Crippen LogP contribution in [0.4, 0.5) is 4.79 Å². The molecule has 1 heterocycles. The number of nitrogens with zero attached hydrogens (tertiary/aromatic N) is 2. The van der Waals surface area contributed by atoms with Crippen LogP contribution < -0.4 is 5.73 Å². The molecule has 1 aliphatic heterocycles. The number of benzene rings is 1. The molecule has 0 aliphatic carbocycles. The maximum atomic E-state index is 11.7. The van der Waals surface area contributed by atoms with E-state index in [0.29, 0.717) is 11.8 Å². The summed E-state index contributed by atoms with van der Waals surface area (Å²) >= 11 is 0. The molecule has 2 N–H and O–H groups in total. The number of hydrogen-bond acceptors (Lipinski definition) is 2. The van der Waals surface area contributed by atoms with Crippen LogP contribution in [-0.2, 0) is 0 Å². The average molecular weight is 255 g/mol. The monoisotopic (exact) mass is 255 g/mol. The molecule has 4 heteroatoms. The van der Waals surface area contributed by atoms with Crippen LogP contribution >= 0.6 is 0 Å². The van der Waals surface area contributed by atoms with E-state index in [1.54, 1.807) is 0 Å². The fourth-order valence-corrected chi connectivity index (χ4v) is 2.18. The molecule has 19 heavy (non-hydrogen) atoms. The summed E-state index contributed by atoms with van der Waals surface area (Å²) in [7, 11) is 0. The average Bonchev–Trinajstić information content (AvgIpc) is 2.65. The highest BCUT2D eigenvalue weighted by molar-refractivity contribution is 6.03. The quantitative estimate of drug-likeness (QED) is 0.842. The minimum atomic E-state index is -0.367. The van der Waals surface area contributed by atoms with Crippen LogP contribution in [0, 0.1) is 12.3 Å². The number of carbonyl (C=O) groups is 1. The van der Waals surface area contributed by atoms with Gasteiger partial charge in [0.25, 0.3) is 0 Å². The Morgan fingerprint density at radius 3 is 2.58 bits per heavy atom. The number of nitrogens with two attached hydrogens (primary N) is 1. The van der Waals surface area contributed by atoms with E-state index in [4.69, 9.17) is 12.2 Å². The Hall–Kier alpha value is -2.28. The van der Waals surface area contributed by atoms with E-state index >= 15 is 0 Å². The van der Waals surface area contributed by atoms with Crippen molar-refractivity contribution in [3.8, 4) is 12.3 Å². The van der Waals surface area contributed by atoms with Crippen molar-refractivity contribution >= 4 is 11.9 Å². The molecule has 0 saturated carbocycles. The van der Waals surface area contributed by atoms with Gasteiger partial charge in [-0.15, -0.1) is 6.42 Å². The highest BCUT2D eigenvalue weighted by Crippen LogP contribution is 2.27. The largest absolute Gasteiger partial charge is 0.385 e. The Bertz CT molecular complexity index is 552. The Morgan fingerprint density at radius 2 is 2.05 bits per heavy atom. The van der Waals surface area contributed by atoms with E-state index < -0.39 is 0 Å². The first kappa shape index (κ1) is 13.2. The van der Waals surface area contributed by atoms with E-state index in [1.165, 1.54) is 10.5 Å². The van der Waals surface area contributed by atoms with Crippen molar-refractivity contribution in [3.63, 3.8) is 0 Å². The third kappa shape index (κ3) is 2.45. The van der Waals surface area contributed by atoms with Gasteiger partial charge in [-0.2, -0.15) is 4.99 Å². The van der Waals surface area contributed by atoms with Gasteiger partial charge in [0.05, 0.1) is 6.54 Å². The zero-order chi connectivity index (χ0) is 14.0. The van der Waals surface area contributed by atoms with Crippen molar-refractivity contribution in [2.24, 2.45) is 10.7 Å². The second-order valence-electron chi connectivity index (χ2n) is 4.88. The molecule has 1 aliphatic rings. The first-order valence-electron chi connectivity index (χ1n) is 6.22. The maximum Gasteiger partial charge on any atom is 0.346 e. The minimum Gasteiger partial charge on any atom is -0.385 e. The zero-order valence-electron chi connectivity index (χ0n) is 11.1. The molecule has 2 amide bonds. The van der Waals surface area contributed by atoms with Crippen LogP contribution in [0.5, 0.6) is 0 Å². The van der Waals surface area contributed by atoms with Crippen LogP contribution in [0.3, 0.4) is 0 Å². The van der Waals surface area contributed by atoms with Gasteiger partial charge in [-0.1, -0.05) is 44.0 Å². The number of amides is 2. The summed E-state index contributed by atoms with van der Waals surface area (Å²) in [6.45, 7) is 4.47. The topological polar surface area (TPSA) is 58.7 Å². The van der Waals surface area contributed by atoms with Gasteiger partial charge in [-0.05, 0) is 17.0 Å². The number of hydrogen-bond donors (Lipinski definition) is 1. The summed E-state index contributed by atoms with van der Waals surface area (Å²) in [6.07, 6.45) is 5.28. The number of urea groups is 1. The lowest BCUT2D eigenvalue weighted by molar-refractivity contribution is 0.213. The molecule has 0 aromatic heterocycles. The van der Waals surface area contributed by atoms with Gasteiger partial charge in [0, 0.05) is 0 Å². The summed E-state index contributed by atoms with van der Waals surface area (Å²) in [6, 6.07) is 7.33. The van der Waals surface area contributed by atoms with Crippen molar-refractivity contribution in [1.29, 1.82) is 0 Å². The molecule has 0 radical (unpaired) electrons. The van der Waals surface area contributed by atoms with E-state index in [9.17, 15) is 4.79 Å². The predicted molar refractivity (Wildman–Crippen MR) is 75.8 cm³/mol. The van der Waals surface area contributed by atoms with Gasteiger partial charge in [0.15, 0.2) is 0 Å². The molecule has 1 aromatic carbocycles. The van der Waals surface area contributed by atoms with Gasteiger partial charge in [-0.3, -0.25) is 4.90 Å². The van der Waals surface area contributed by atoms with Crippen molar-refractivity contribution in [2.45, 2.75) is 25.8 Å². The van der Waals surface area contributed by atoms with Gasteiger partial charge < -0.3 is 5.73 Å². The van der Waals surface area contributed by atoms with Crippen LogP contribution in [0.1, 0.15) is 36.9 Å². The summed E-state index contributed by atoms with van der Waals surface area (Å²) in [5.74, 6) is 3.23. The lowest BCUT2D eigenvalue weighted by atomic mass is 9.98. The lowest BCUT2D eigenvalue weighted by Crippen LogP contribution is -2.33. The first-order valence-corrected chi connectivity index (χ1v) is 6.22. The Balaban J connectivity index is 2.31. The van der Waals surface area contributed by atoms with Gasteiger partial charge in [0.2, 0.25) is 0 Å². The molecule has 0 bridgehead atoms. The molecule has 98 valence electrons. The summed E-state index contributed by atoms with van der Waals surface area (Å²) in [4.78, 5) is 17.0. The zero-order valence-corrected chi connectivity index (χ0v) is 11.1. The Kier molecular flexibility index (Phi) is 3.57. The van der Waals surface area contributed by atoms with Gasteiger partial charge in [0.1, 0.15) is 11.9 Å². The second-order valence-corrected chi connectivity index (χ2v) is 4.88. The number of carbonyl (C=O) groups excluding carboxylic acids is 1. The smallest absolute Gasteiger partial charge is 0.346 e. The van der Waals surface area contributed by atoms with E-state index in [2.05, 4.69) is 24.8 Å². The van der Waals surface area contributed by atoms with E-state index in [0.717, 1.165) is 5.56 Å². The molecule has 0 fully saturated rings. The number of aliphatic imine (C=N–C) groups is 1. The highest BCUT2D eigenvalue weighted by Gasteiger charge is 2.33. The Morgan fingerprint density at radius 1 is 1.42 bits per heavy atom. The molecule has 1 unspecified atom stereocenters. The van der Waals surface area contributed by atoms with Crippen molar-refractivity contribution < 1.29 is 4.79 Å². The SMILES string of the molecule is C#CCN1C(=O)N=C(N)C1c1ccc(C(C)C)cc1. The van der Waals surface area contributed by atoms with Gasteiger partial charge in [-0.25, -0.2) is 4.79 Å². The number of rotatable bonds is 3. The molecule has 0 saturated heterocycles. The van der Waals surface area contributed by atoms with E-state index in [-0.39, 0.29) is 18.6 Å². The molecular weight excluding hydrogens is 238 g/mol. The molecule has 2 rings (SSSR count). The number of terminal acetylenes is 1. The third-order valence-electron chi connectivity index (χ3n) is 3.24. The highest BCUT2D eigenvalue weighted by atomic mass is 16.2. The molecule has 4 nitrogen and oxygen atoms in total. The summed E-state index contributed by atoms with van der Waals surface area (Å²) in [5, 5.41) is 0. The number of amidine groups is 1. The predicted octanol–water partition coefficient (Wildman–Crippen LogP) is 2.28. The summed E-state index contributed by atoms with van der Waals surface area (Å²) < 4.78 is 0. The fourth-order valence-electron chi connectivity index (χ4n) is 2.18. The van der Waals surface area contributed by atoms with E-state index in [1.807, 2.05) is 24.3 Å². The molecule has 1 atom stereocenters. The van der Waals surface area contributed by atoms with Crippen LogP contribution in [0.15, 0.2) is 29.3 Å². The molecular formula is C15H17N3O. The Labute approximate surface area is 113 Å². The van der Waals surface area contributed by atoms with Crippen LogP contribution in [0.25, 0.3) is 0 Å². The minimum absolute atomic E-state index is 0.208. The first-order chi connectivity index (χ1) is 9.04. The van der Waals surface area contributed by atoms with Crippen LogP contribution in [0.2, 0.25) is 0 Å². The fraction of sp³-hybridized carbons (Fsp3) is 0.333. The van der Waals surface area contributed by atoms with Crippen molar-refractivity contribution in [1.82, 2.24) is 4.90 Å². The third-order valence-corrected chi connectivity index (χ3v) is 3.24. The molecule has 0 spiro atoms. The molecule has 1 aromatic rings. The lowest BCUT2D eigenvalue weighted by Gasteiger charge is -2.22. The van der Waals surface area contributed by atoms with Gasteiger partial charge >= 0.3 is 6.03 Å². The maximum absolute atomic E-state index is 11.7. The normalized spacial score (nSPS) is 18.6. The second kappa shape index (κ2) is 5.15. The van der Waals surface area contributed by atoms with Crippen molar-refractivity contribution in [3.05, 3.63) is 35.4 Å². The van der Waals surface area contributed by atoms with Crippen molar-refractivity contribution in [2.75, 3.05) is 6.54 Å². The standard InChI is InChI=1S/C15H17N3O/c1-4-9-18-13(14(16)17-15(18)19)12-7-5-11(6-8-12)10(2)3/h1,5-8,10,13H,9H2,2-3H3,(H2,16,17,19).